The fourth-order valence-corrected chi connectivity index (χ4v) is 7.24. The first-order valence-corrected chi connectivity index (χ1v) is 22.0. The van der Waals surface area contributed by atoms with Crippen LogP contribution in [0.5, 0.6) is 0 Å². The highest BCUT2D eigenvalue weighted by atomic mass is 79.9. The largest absolute Gasteiger partial charge is 0.465 e. The van der Waals surface area contributed by atoms with Gasteiger partial charge in [-0.1, -0.05) is 39.3 Å². The Hall–Kier alpha value is -1.48. The molecule has 0 saturated carbocycles. The van der Waals surface area contributed by atoms with E-state index in [1.54, 1.807) is 11.1 Å². The van der Waals surface area contributed by atoms with Gasteiger partial charge < -0.3 is 24.4 Å². The highest BCUT2D eigenvalue weighted by molar-refractivity contribution is 9.10. The second-order valence-corrected chi connectivity index (χ2v) is 25.3. The van der Waals surface area contributed by atoms with E-state index in [2.05, 4.69) is 71.3 Å². The molecule has 2 fully saturated rings. The average Bonchev–Trinajstić information content (AvgIpc) is 3.32. The standard InChI is InChI=1S/C26H44BrN5O4Si2/c1-37(2,3)11-9-35-17-30(18-36-10-12-38(4,5)6)24-15-23(29-25-22(27)16-28-32(24)25)19-13-20-7-8-21(14-19)31(20)26(33)34/h15-16,19-21H,7-14,17-18H2,1-6H3,(H,33,34). The van der Waals surface area contributed by atoms with Crippen molar-refractivity contribution in [3.63, 3.8) is 0 Å². The van der Waals surface area contributed by atoms with E-state index in [1.165, 1.54) is 0 Å². The predicted octanol–water partition coefficient (Wildman–Crippen LogP) is 6.31. The van der Waals surface area contributed by atoms with Gasteiger partial charge in [0.05, 0.1) is 10.7 Å². The van der Waals surface area contributed by atoms with Crippen LogP contribution in [0.25, 0.3) is 5.65 Å². The number of amides is 1. The summed E-state index contributed by atoms with van der Waals surface area (Å²) < 4.78 is 15.1. The van der Waals surface area contributed by atoms with Crippen LogP contribution in [-0.2, 0) is 9.47 Å². The number of nitrogens with zero attached hydrogens (tertiary/aromatic N) is 5. The van der Waals surface area contributed by atoms with Gasteiger partial charge in [-0.15, -0.1) is 0 Å². The van der Waals surface area contributed by atoms with E-state index >= 15 is 0 Å². The number of aromatic nitrogens is 3. The minimum atomic E-state index is -1.20. The van der Waals surface area contributed by atoms with Crippen LogP contribution < -0.4 is 4.90 Å². The van der Waals surface area contributed by atoms with Crippen LogP contribution in [-0.4, -0.2) is 85.6 Å². The fraction of sp³-hybridized carbons (Fsp3) is 0.731. The summed E-state index contributed by atoms with van der Waals surface area (Å²) in [5.74, 6) is 1.10. The molecule has 0 spiro atoms. The van der Waals surface area contributed by atoms with Crippen molar-refractivity contribution in [1.29, 1.82) is 0 Å². The molecule has 2 aromatic rings. The summed E-state index contributed by atoms with van der Waals surface area (Å²) in [4.78, 5) is 20.6. The van der Waals surface area contributed by atoms with Crippen molar-refractivity contribution in [2.45, 2.75) is 95.1 Å². The zero-order chi connectivity index (χ0) is 27.7. The van der Waals surface area contributed by atoms with Crippen molar-refractivity contribution >= 4 is 49.6 Å². The normalized spacial score (nSPS) is 21.9. The van der Waals surface area contributed by atoms with E-state index in [-0.39, 0.29) is 18.0 Å². The van der Waals surface area contributed by atoms with E-state index < -0.39 is 22.2 Å². The van der Waals surface area contributed by atoms with Gasteiger partial charge >= 0.3 is 6.09 Å². The third-order valence-corrected chi connectivity index (χ3v) is 11.6. The zero-order valence-electron chi connectivity index (χ0n) is 23.7. The van der Waals surface area contributed by atoms with Crippen molar-refractivity contribution in [1.82, 2.24) is 19.5 Å². The molecule has 2 unspecified atom stereocenters. The number of anilines is 1. The Balaban J connectivity index is 1.59. The Kier molecular flexibility index (Phi) is 9.28. The molecule has 0 radical (unpaired) electrons. The molecular weight excluding hydrogens is 582 g/mol. The molecule has 0 aromatic carbocycles. The second kappa shape index (κ2) is 12.0. The van der Waals surface area contributed by atoms with E-state index in [1.807, 2.05) is 4.52 Å². The topological polar surface area (TPSA) is 92.4 Å². The maximum absolute atomic E-state index is 11.8. The summed E-state index contributed by atoms with van der Waals surface area (Å²) in [5, 5.41) is 14.3. The molecule has 2 aliphatic heterocycles. The Morgan fingerprint density at radius 1 is 1.05 bits per heavy atom. The first-order chi connectivity index (χ1) is 17.8. The summed E-state index contributed by atoms with van der Waals surface area (Å²) in [6.07, 6.45) is 4.45. The molecule has 2 atom stereocenters. The summed E-state index contributed by atoms with van der Waals surface area (Å²) >= 11 is 3.64. The molecule has 1 N–H and O–H groups in total. The van der Waals surface area contributed by atoms with Crippen LogP contribution in [0.2, 0.25) is 51.4 Å². The summed E-state index contributed by atoms with van der Waals surface area (Å²) in [5.41, 5.74) is 1.75. The average molecular weight is 627 g/mol. The highest BCUT2D eigenvalue weighted by Crippen LogP contribution is 2.43. The lowest BCUT2D eigenvalue weighted by atomic mass is 9.88. The summed E-state index contributed by atoms with van der Waals surface area (Å²) in [6.45, 7) is 16.4. The van der Waals surface area contributed by atoms with Gasteiger partial charge in [0.15, 0.2) is 5.65 Å². The van der Waals surface area contributed by atoms with Crippen molar-refractivity contribution in [2.24, 2.45) is 0 Å². The van der Waals surface area contributed by atoms with Gasteiger partial charge in [-0.2, -0.15) is 9.61 Å². The van der Waals surface area contributed by atoms with Gasteiger partial charge in [0.25, 0.3) is 0 Å². The van der Waals surface area contributed by atoms with E-state index in [4.69, 9.17) is 14.5 Å². The minimum Gasteiger partial charge on any atom is -0.465 e. The molecule has 1 amide bonds. The molecule has 2 aromatic heterocycles. The van der Waals surface area contributed by atoms with Crippen molar-refractivity contribution < 1.29 is 19.4 Å². The second-order valence-electron chi connectivity index (χ2n) is 13.2. The smallest absolute Gasteiger partial charge is 0.407 e. The van der Waals surface area contributed by atoms with Crippen molar-refractivity contribution in [3.8, 4) is 0 Å². The first kappa shape index (κ1) is 29.5. The molecule has 212 valence electrons. The monoisotopic (exact) mass is 625 g/mol. The van der Waals surface area contributed by atoms with Gasteiger partial charge in [0, 0.05) is 59.1 Å². The van der Waals surface area contributed by atoms with Gasteiger partial charge in [0.2, 0.25) is 0 Å². The predicted molar refractivity (Wildman–Crippen MR) is 160 cm³/mol. The summed E-state index contributed by atoms with van der Waals surface area (Å²) in [7, 11) is -2.41. The fourth-order valence-electron chi connectivity index (χ4n) is 5.38. The van der Waals surface area contributed by atoms with Crippen LogP contribution in [0.15, 0.2) is 16.7 Å². The van der Waals surface area contributed by atoms with E-state index in [0.29, 0.717) is 13.5 Å². The molecule has 2 bridgehead atoms. The van der Waals surface area contributed by atoms with Gasteiger partial charge in [-0.05, 0) is 53.7 Å². The Morgan fingerprint density at radius 3 is 2.11 bits per heavy atom. The molecule has 4 rings (SSSR count). The number of carboxylic acid groups (broad SMARTS) is 1. The zero-order valence-corrected chi connectivity index (χ0v) is 27.3. The number of carbonyl (C=O) groups is 1. The van der Waals surface area contributed by atoms with Crippen LogP contribution in [0.3, 0.4) is 0 Å². The highest BCUT2D eigenvalue weighted by Gasteiger charge is 2.44. The molecule has 12 heteroatoms. The maximum atomic E-state index is 11.8. The molecule has 4 heterocycles. The third-order valence-electron chi connectivity index (χ3n) is 7.61. The van der Waals surface area contributed by atoms with E-state index in [0.717, 1.165) is 72.6 Å². The number of halogens is 1. The first-order valence-electron chi connectivity index (χ1n) is 13.8. The Morgan fingerprint density at radius 2 is 1.61 bits per heavy atom. The number of hydrogen-bond donors (Lipinski definition) is 1. The van der Waals surface area contributed by atoms with Crippen LogP contribution >= 0.6 is 15.9 Å². The number of hydrogen-bond acceptors (Lipinski definition) is 6. The molecule has 9 nitrogen and oxygen atoms in total. The molecule has 38 heavy (non-hydrogen) atoms. The van der Waals surface area contributed by atoms with Crippen LogP contribution in [0, 0.1) is 0 Å². The van der Waals surface area contributed by atoms with Gasteiger partial charge in [-0.25, -0.2) is 9.78 Å². The summed E-state index contributed by atoms with van der Waals surface area (Å²) in [6, 6.07) is 4.46. The number of rotatable bonds is 12. The number of piperidine rings is 1. The van der Waals surface area contributed by atoms with Crippen molar-refractivity contribution in [2.75, 3.05) is 31.6 Å². The third kappa shape index (κ3) is 7.38. The van der Waals surface area contributed by atoms with Crippen LogP contribution in [0.4, 0.5) is 10.6 Å². The van der Waals surface area contributed by atoms with Crippen molar-refractivity contribution in [3.05, 3.63) is 22.4 Å². The Bertz CT molecular complexity index is 1080. The molecule has 2 aliphatic rings. The lowest BCUT2D eigenvalue weighted by Crippen LogP contribution is -2.45. The number of fused-ring (bicyclic) bond motifs is 3. The maximum Gasteiger partial charge on any atom is 0.407 e. The minimum absolute atomic E-state index is 0.0666. The quantitative estimate of drug-likeness (QED) is 0.168. The molecule has 2 saturated heterocycles. The van der Waals surface area contributed by atoms with Crippen LogP contribution in [0.1, 0.15) is 37.3 Å². The van der Waals surface area contributed by atoms with Gasteiger partial charge in [0.1, 0.15) is 19.3 Å². The number of ether oxygens (including phenoxy) is 2. The molecule has 0 aliphatic carbocycles. The SMILES string of the molecule is C[Si](C)(C)CCOCN(COCC[Si](C)(C)C)c1cc(C2CC3CCC(C2)N3C(=O)O)nc2c(Br)cnn12. The lowest BCUT2D eigenvalue weighted by Gasteiger charge is -2.37. The Labute approximate surface area is 237 Å². The molecular formula is C26H44BrN5O4Si2. The lowest BCUT2D eigenvalue weighted by molar-refractivity contribution is 0.0934. The van der Waals surface area contributed by atoms with E-state index in [9.17, 15) is 9.90 Å². The van der Waals surface area contributed by atoms with Gasteiger partial charge in [-0.3, -0.25) is 0 Å².